The molecule has 3 aliphatic heterocycles. The third-order valence-electron chi connectivity index (χ3n) is 5.39. The fourth-order valence-electron chi connectivity index (χ4n) is 3.70. The zero-order chi connectivity index (χ0) is 18.7. The first kappa shape index (κ1) is 17.9. The van der Waals surface area contributed by atoms with Gasteiger partial charge in [-0.3, -0.25) is 0 Å². The highest BCUT2D eigenvalue weighted by Crippen LogP contribution is 2.29. The molecule has 0 unspecified atom stereocenters. The van der Waals surface area contributed by atoms with Gasteiger partial charge in [0.1, 0.15) is 18.0 Å². The molecule has 8 heteroatoms. The summed E-state index contributed by atoms with van der Waals surface area (Å²) in [5.74, 6) is 0.763. The number of rotatable bonds is 4. The number of carbonyl (C=O) groups is 2. The average Bonchev–Trinajstić information content (AvgIpc) is 3.32. The number of piperidine rings is 1. The third kappa shape index (κ3) is 4.27. The van der Waals surface area contributed by atoms with E-state index in [9.17, 15) is 9.59 Å². The van der Waals surface area contributed by atoms with Gasteiger partial charge in [0.2, 0.25) is 0 Å². The summed E-state index contributed by atoms with van der Waals surface area (Å²) >= 11 is 0. The fourth-order valence-corrected chi connectivity index (χ4v) is 3.70. The summed E-state index contributed by atoms with van der Waals surface area (Å²) < 4.78 is 16.7. The molecule has 3 fully saturated rings. The lowest BCUT2D eigenvalue weighted by atomic mass is 9.92. The number of hydrogen-bond acceptors (Lipinski definition) is 5. The molecular weight excluding hydrogens is 350 g/mol. The molecule has 3 saturated heterocycles. The second-order valence-electron chi connectivity index (χ2n) is 7.31. The Morgan fingerprint density at radius 3 is 2.70 bits per heavy atom. The normalized spacial score (nSPS) is 23.8. The summed E-state index contributed by atoms with van der Waals surface area (Å²) in [5.41, 5.74) is 0.273. The number of benzene rings is 1. The number of ether oxygens (including phenoxy) is 3. The number of likely N-dealkylation sites (tertiary alicyclic amines) is 1. The summed E-state index contributed by atoms with van der Waals surface area (Å²) in [5, 5.41) is 5.60. The average molecular weight is 375 g/mol. The van der Waals surface area contributed by atoms with Crippen LogP contribution in [0.4, 0.5) is 15.3 Å². The zero-order valence-corrected chi connectivity index (χ0v) is 15.2. The highest BCUT2D eigenvalue weighted by molar-refractivity contribution is 5.89. The van der Waals surface area contributed by atoms with Gasteiger partial charge < -0.3 is 29.7 Å². The summed E-state index contributed by atoms with van der Waals surface area (Å²) in [6.07, 6.45) is 3.25. The maximum Gasteiger partial charge on any atom is 0.407 e. The first-order chi connectivity index (χ1) is 13.1. The standard InChI is InChI=1S/C19H25N3O5/c23-17(22-9-7-19(8-10-22)13-20-18(24)27-19)21-14-3-5-15(6-4-14)26-12-16-2-1-11-25-16/h3-6,16H,1-2,7-13H2,(H,20,24)(H,21,23)/t16-/m0/s1. The van der Waals surface area contributed by atoms with Crippen LogP contribution < -0.4 is 15.4 Å². The maximum absolute atomic E-state index is 12.5. The van der Waals surface area contributed by atoms with Gasteiger partial charge in [-0.15, -0.1) is 0 Å². The van der Waals surface area contributed by atoms with Crippen LogP contribution in [0.3, 0.4) is 0 Å². The lowest BCUT2D eigenvalue weighted by Gasteiger charge is -2.37. The molecule has 2 N–H and O–H groups in total. The van der Waals surface area contributed by atoms with E-state index in [1.54, 1.807) is 4.90 Å². The van der Waals surface area contributed by atoms with E-state index in [1.807, 2.05) is 24.3 Å². The number of hydrogen-bond donors (Lipinski definition) is 2. The predicted octanol–water partition coefficient (Wildman–Crippen LogP) is 2.35. The van der Waals surface area contributed by atoms with Crippen molar-refractivity contribution in [1.82, 2.24) is 10.2 Å². The highest BCUT2D eigenvalue weighted by atomic mass is 16.6. The summed E-state index contributed by atoms with van der Waals surface area (Å²) in [7, 11) is 0. The van der Waals surface area contributed by atoms with E-state index < -0.39 is 5.60 Å². The Hall–Kier alpha value is -2.48. The Labute approximate surface area is 158 Å². The molecule has 1 atom stereocenters. The van der Waals surface area contributed by atoms with Crippen LogP contribution in [-0.2, 0) is 9.47 Å². The Morgan fingerprint density at radius 1 is 1.30 bits per heavy atom. The van der Waals surface area contributed by atoms with E-state index in [1.165, 1.54) is 0 Å². The number of nitrogens with zero attached hydrogens (tertiary/aromatic N) is 1. The van der Waals surface area contributed by atoms with Gasteiger partial charge in [-0.25, -0.2) is 9.59 Å². The minimum atomic E-state index is -0.449. The second-order valence-corrected chi connectivity index (χ2v) is 7.31. The molecule has 1 aromatic carbocycles. The molecule has 146 valence electrons. The molecule has 0 bridgehead atoms. The predicted molar refractivity (Wildman–Crippen MR) is 98.0 cm³/mol. The van der Waals surface area contributed by atoms with Gasteiger partial charge in [0.15, 0.2) is 0 Å². The summed E-state index contributed by atoms with van der Waals surface area (Å²) in [6, 6.07) is 7.21. The van der Waals surface area contributed by atoms with Crippen LogP contribution in [0.15, 0.2) is 24.3 Å². The van der Waals surface area contributed by atoms with Gasteiger partial charge in [0, 0.05) is 38.2 Å². The van der Waals surface area contributed by atoms with Gasteiger partial charge in [0.05, 0.1) is 12.6 Å². The van der Waals surface area contributed by atoms with E-state index in [-0.39, 0.29) is 18.2 Å². The molecule has 4 rings (SSSR count). The zero-order valence-electron chi connectivity index (χ0n) is 15.2. The summed E-state index contributed by atoms with van der Waals surface area (Å²) in [4.78, 5) is 25.5. The van der Waals surface area contributed by atoms with Crippen LogP contribution in [-0.4, -0.2) is 61.6 Å². The van der Waals surface area contributed by atoms with Crippen molar-refractivity contribution in [2.75, 3.05) is 38.2 Å². The highest BCUT2D eigenvalue weighted by Gasteiger charge is 2.43. The molecule has 3 amide bonds. The fraction of sp³-hybridized carbons (Fsp3) is 0.579. The van der Waals surface area contributed by atoms with Crippen LogP contribution in [0.2, 0.25) is 0 Å². The second kappa shape index (κ2) is 7.64. The molecule has 0 aliphatic carbocycles. The van der Waals surface area contributed by atoms with Crippen molar-refractivity contribution in [3.63, 3.8) is 0 Å². The molecular formula is C19H25N3O5. The third-order valence-corrected chi connectivity index (χ3v) is 5.39. The number of alkyl carbamates (subject to hydrolysis) is 1. The Morgan fingerprint density at radius 2 is 2.07 bits per heavy atom. The monoisotopic (exact) mass is 375 g/mol. The molecule has 8 nitrogen and oxygen atoms in total. The lowest BCUT2D eigenvalue weighted by Crippen LogP contribution is -2.49. The molecule has 0 saturated carbocycles. The first-order valence-electron chi connectivity index (χ1n) is 9.49. The SMILES string of the molecule is O=C1NCC2(CCN(C(=O)Nc3ccc(OC[C@@H]4CCCO4)cc3)CC2)O1. The number of anilines is 1. The van der Waals surface area contributed by atoms with Crippen LogP contribution >= 0.6 is 0 Å². The van der Waals surface area contributed by atoms with Gasteiger partial charge in [-0.05, 0) is 37.1 Å². The van der Waals surface area contributed by atoms with Gasteiger partial charge in [0.25, 0.3) is 0 Å². The van der Waals surface area contributed by atoms with Crippen LogP contribution in [0.25, 0.3) is 0 Å². The van der Waals surface area contributed by atoms with Gasteiger partial charge >= 0.3 is 12.1 Å². The minimum Gasteiger partial charge on any atom is -0.491 e. The van der Waals surface area contributed by atoms with E-state index in [0.717, 1.165) is 30.9 Å². The van der Waals surface area contributed by atoms with Crippen molar-refractivity contribution in [2.45, 2.75) is 37.4 Å². The lowest BCUT2D eigenvalue weighted by molar-refractivity contribution is 0.0110. The molecule has 0 aromatic heterocycles. The maximum atomic E-state index is 12.5. The van der Waals surface area contributed by atoms with E-state index in [0.29, 0.717) is 39.1 Å². The van der Waals surface area contributed by atoms with Crippen molar-refractivity contribution in [2.24, 2.45) is 0 Å². The molecule has 3 heterocycles. The van der Waals surface area contributed by atoms with Crippen molar-refractivity contribution < 1.29 is 23.8 Å². The number of urea groups is 1. The minimum absolute atomic E-state index is 0.143. The van der Waals surface area contributed by atoms with Crippen LogP contribution in [0.1, 0.15) is 25.7 Å². The number of carbonyl (C=O) groups excluding carboxylic acids is 2. The smallest absolute Gasteiger partial charge is 0.407 e. The van der Waals surface area contributed by atoms with E-state index >= 15 is 0 Å². The number of nitrogens with one attached hydrogen (secondary N) is 2. The Balaban J connectivity index is 1.24. The van der Waals surface area contributed by atoms with Crippen molar-refractivity contribution in [3.05, 3.63) is 24.3 Å². The molecule has 0 radical (unpaired) electrons. The van der Waals surface area contributed by atoms with Crippen LogP contribution in [0.5, 0.6) is 5.75 Å². The van der Waals surface area contributed by atoms with Crippen LogP contribution in [0, 0.1) is 0 Å². The van der Waals surface area contributed by atoms with E-state index in [2.05, 4.69) is 10.6 Å². The first-order valence-corrected chi connectivity index (χ1v) is 9.49. The van der Waals surface area contributed by atoms with Crippen molar-refractivity contribution in [3.8, 4) is 5.75 Å². The molecule has 1 aromatic rings. The quantitative estimate of drug-likeness (QED) is 0.843. The Kier molecular flexibility index (Phi) is 5.07. The van der Waals surface area contributed by atoms with Crippen molar-refractivity contribution >= 4 is 17.8 Å². The summed E-state index contributed by atoms with van der Waals surface area (Å²) in [6.45, 7) is 3.01. The molecule has 27 heavy (non-hydrogen) atoms. The number of amides is 3. The topological polar surface area (TPSA) is 89.1 Å². The largest absolute Gasteiger partial charge is 0.491 e. The van der Waals surface area contributed by atoms with E-state index in [4.69, 9.17) is 14.2 Å². The van der Waals surface area contributed by atoms with Gasteiger partial charge in [-0.1, -0.05) is 0 Å². The van der Waals surface area contributed by atoms with Gasteiger partial charge in [-0.2, -0.15) is 0 Å². The Bertz CT molecular complexity index is 679. The molecule has 3 aliphatic rings. The molecule has 1 spiro atoms. The van der Waals surface area contributed by atoms with Crippen molar-refractivity contribution in [1.29, 1.82) is 0 Å².